The molecule has 5 aliphatic rings. The summed E-state index contributed by atoms with van der Waals surface area (Å²) < 4.78 is 42.1. The first-order valence-corrected chi connectivity index (χ1v) is 11.4. The van der Waals surface area contributed by atoms with Crippen LogP contribution in [0.2, 0.25) is 0 Å². The van der Waals surface area contributed by atoms with Gasteiger partial charge < -0.3 is 10.6 Å². The van der Waals surface area contributed by atoms with Gasteiger partial charge in [0.25, 0.3) is 5.91 Å². The van der Waals surface area contributed by atoms with Gasteiger partial charge in [0.2, 0.25) is 11.4 Å². The number of nitrogens with one attached hydrogen (secondary N) is 3. The summed E-state index contributed by atoms with van der Waals surface area (Å²) >= 11 is 0. The Morgan fingerprint density at radius 1 is 1.00 bits per heavy atom. The van der Waals surface area contributed by atoms with Crippen molar-refractivity contribution in [2.24, 2.45) is 17.8 Å². The summed E-state index contributed by atoms with van der Waals surface area (Å²) in [6, 6.07) is 4.14. The quantitative estimate of drug-likeness (QED) is 0.579. The van der Waals surface area contributed by atoms with Crippen molar-refractivity contribution in [2.75, 3.05) is 6.54 Å². The van der Waals surface area contributed by atoms with Crippen LogP contribution in [0.15, 0.2) is 30.3 Å². The molecule has 4 aliphatic carbocycles. The van der Waals surface area contributed by atoms with Crippen molar-refractivity contribution in [1.82, 2.24) is 20.9 Å². The highest BCUT2D eigenvalue weighted by molar-refractivity contribution is 6.10. The van der Waals surface area contributed by atoms with Gasteiger partial charge >= 0.3 is 18.2 Å². The topological polar surface area (TPSA) is 108 Å². The summed E-state index contributed by atoms with van der Waals surface area (Å²) in [6.07, 6.45) is 0.876. The number of benzene rings is 1. The molecule has 1 aromatic rings. The van der Waals surface area contributed by atoms with E-state index >= 15 is 0 Å². The minimum atomic E-state index is -5.15. The van der Waals surface area contributed by atoms with Gasteiger partial charge in [0.15, 0.2) is 0 Å². The Balaban J connectivity index is 1.26. The standard InChI is InChI=1S/C23H25F3N4O4/c24-23(25,26)22(16-4-2-1-3-5-16)18(32)30(20(34)29-22)12-17(31)27-19(33)28-21-9-13-6-14(10-21)8-15(7-13)11-21/h1-5,13-15H,6-12H2,(H,29,34)(H2,27,28,31,33)/t13?,14?,15?,21?,22-/m0/s1. The molecule has 11 heteroatoms. The Morgan fingerprint density at radius 2 is 1.56 bits per heavy atom. The first kappa shape index (κ1) is 22.7. The number of nitrogens with zero attached hydrogens (tertiary/aromatic N) is 1. The number of rotatable bonds is 4. The number of hydrogen-bond donors (Lipinski definition) is 3. The van der Waals surface area contributed by atoms with E-state index in [9.17, 15) is 32.3 Å². The van der Waals surface area contributed by atoms with Crippen molar-refractivity contribution in [2.45, 2.75) is 55.8 Å². The van der Waals surface area contributed by atoms with Crippen molar-refractivity contribution in [3.8, 4) is 0 Å². The fourth-order valence-electron chi connectivity index (χ4n) is 6.80. The largest absolute Gasteiger partial charge is 0.425 e. The number of hydrogen-bond acceptors (Lipinski definition) is 4. The van der Waals surface area contributed by atoms with E-state index in [2.05, 4.69) is 10.6 Å². The van der Waals surface area contributed by atoms with Crippen LogP contribution in [-0.4, -0.2) is 47.0 Å². The molecule has 0 aromatic heterocycles. The third kappa shape index (κ3) is 3.61. The second-order valence-electron chi connectivity index (χ2n) is 10.1. The van der Waals surface area contributed by atoms with Gasteiger partial charge in [0, 0.05) is 5.54 Å². The fraction of sp³-hybridized carbons (Fsp3) is 0.565. The Hall–Kier alpha value is -3.11. The number of carbonyl (C=O) groups is 4. The molecule has 1 atom stereocenters. The molecule has 8 nitrogen and oxygen atoms in total. The highest BCUT2D eigenvalue weighted by Crippen LogP contribution is 2.55. The van der Waals surface area contributed by atoms with Crippen LogP contribution in [0, 0.1) is 17.8 Å². The Kier molecular flexibility index (Phi) is 5.14. The highest BCUT2D eigenvalue weighted by Gasteiger charge is 2.68. The Labute approximate surface area is 193 Å². The van der Waals surface area contributed by atoms with Crippen LogP contribution in [0.5, 0.6) is 0 Å². The predicted molar refractivity (Wildman–Crippen MR) is 112 cm³/mol. The van der Waals surface area contributed by atoms with Crippen LogP contribution in [0.1, 0.15) is 44.1 Å². The lowest BCUT2D eigenvalue weighted by Gasteiger charge is -2.56. The summed E-state index contributed by atoms with van der Waals surface area (Å²) in [5.41, 5.74) is -4.14. The van der Waals surface area contributed by atoms with E-state index in [0.29, 0.717) is 17.8 Å². The molecule has 1 heterocycles. The van der Waals surface area contributed by atoms with Gasteiger partial charge in [-0.2, -0.15) is 13.2 Å². The molecule has 34 heavy (non-hydrogen) atoms. The van der Waals surface area contributed by atoms with E-state index < -0.39 is 47.7 Å². The van der Waals surface area contributed by atoms with Crippen LogP contribution < -0.4 is 16.0 Å². The minimum Gasteiger partial charge on any atom is -0.332 e. The number of alkyl halides is 3. The van der Waals surface area contributed by atoms with Crippen molar-refractivity contribution >= 4 is 23.9 Å². The van der Waals surface area contributed by atoms with Crippen molar-refractivity contribution in [1.29, 1.82) is 0 Å². The average Bonchev–Trinajstić information content (AvgIpc) is 2.98. The average molecular weight is 478 g/mol. The molecular weight excluding hydrogens is 453 g/mol. The Bertz CT molecular complexity index is 1010. The van der Waals surface area contributed by atoms with E-state index in [1.54, 1.807) is 5.32 Å². The molecule has 1 saturated heterocycles. The number of carbonyl (C=O) groups excluding carboxylic acids is 4. The third-order valence-electron chi connectivity index (χ3n) is 7.71. The summed E-state index contributed by atoms with van der Waals surface area (Å²) in [4.78, 5) is 50.4. The maximum atomic E-state index is 14.0. The molecule has 3 N–H and O–H groups in total. The molecule has 1 aromatic carbocycles. The highest BCUT2D eigenvalue weighted by atomic mass is 19.4. The van der Waals surface area contributed by atoms with Gasteiger partial charge in [-0.3, -0.25) is 19.8 Å². The van der Waals surface area contributed by atoms with Crippen LogP contribution in [-0.2, 0) is 15.1 Å². The predicted octanol–water partition coefficient (Wildman–Crippen LogP) is 2.79. The van der Waals surface area contributed by atoms with E-state index in [0.717, 1.165) is 50.7 Å². The van der Waals surface area contributed by atoms with Crippen molar-refractivity contribution in [3.05, 3.63) is 35.9 Å². The Morgan fingerprint density at radius 3 is 2.09 bits per heavy atom. The van der Waals surface area contributed by atoms with Gasteiger partial charge in [0.05, 0.1) is 0 Å². The molecular formula is C23H25F3N4O4. The lowest BCUT2D eigenvalue weighted by atomic mass is 9.53. The summed E-state index contributed by atoms with van der Waals surface area (Å²) in [7, 11) is 0. The van der Waals surface area contributed by atoms with E-state index in [-0.39, 0.29) is 10.4 Å². The molecule has 6 rings (SSSR count). The summed E-state index contributed by atoms with van der Waals surface area (Å²) in [6.45, 7) is -1.01. The van der Waals surface area contributed by atoms with Crippen molar-refractivity contribution < 1.29 is 32.3 Å². The fourth-order valence-corrected chi connectivity index (χ4v) is 6.80. The zero-order chi connectivity index (χ0) is 24.3. The van der Waals surface area contributed by atoms with E-state index in [4.69, 9.17) is 0 Å². The van der Waals surface area contributed by atoms with Gasteiger partial charge in [-0.25, -0.2) is 9.59 Å². The van der Waals surface area contributed by atoms with Crippen LogP contribution >= 0.6 is 0 Å². The number of halogens is 3. The first-order valence-electron chi connectivity index (χ1n) is 11.4. The van der Waals surface area contributed by atoms with Crippen LogP contribution in [0.4, 0.5) is 22.8 Å². The lowest BCUT2D eigenvalue weighted by Crippen LogP contribution is -2.62. The zero-order valence-corrected chi connectivity index (χ0v) is 18.3. The third-order valence-corrected chi connectivity index (χ3v) is 7.71. The summed E-state index contributed by atoms with van der Waals surface area (Å²) in [5, 5.41) is 6.72. The molecule has 6 amide bonds. The van der Waals surface area contributed by atoms with Gasteiger partial charge in [-0.05, 0) is 61.8 Å². The molecule has 4 saturated carbocycles. The maximum Gasteiger partial charge on any atom is 0.425 e. The lowest BCUT2D eigenvalue weighted by molar-refractivity contribution is -0.198. The molecule has 5 fully saturated rings. The number of urea groups is 2. The van der Waals surface area contributed by atoms with Gasteiger partial charge in [-0.1, -0.05) is 30.3 Å². The molecule has 0 unspecified atom stereocenters. The van der Waals surface area contributed by atoms with Crippen LogP contribution in [0.25, 0.3) is 0 Å². The minimum absolute atomic E-state index is 0.188. The normalized spacial score (nSPS) is 34.2. The molecule has 4 bridgehead atoms. The monoisotopic (exact) mass is 478 g/mol. The smallest absolute Gasteiger partial charge is 0.332 e. The first-order chi connectivity index (χ1) is 16.0. The SMILES string of the molecule is O=C(CN1C(=O)N[C@](c2ccccc2)(C(F)(F)F)C1=O)NC(=O)NC12CC3CC(CC(C3)C1)C2. The number of imide groups is 2. The van der Waals surface area contributed by atoms with E-state index in [1.165, 1.54) is 18.2 Å². The van der Waals surface area contributed by atoms with Crippen LogP contribution in [0.3, 0.4) is 0 Å². The maximum absolute atomic E-state index is 14.0. The second kappa shape index (κ2) is 7.71. The van der Waals surface area contributed by atoms with Gasteiger partial charge in [-0.15, -0.1) is 0 Å². The second-order valence-corrected chi connectivity index (χ2v) is 10.1. The number of amides is 6. The molecule has 0 radical (unpaired) electrons. The van der Waals surface area contributed by atoms with Gasteiger partial charge in [0.1, 0.15) is 6.54 Å². The zero-order valence-electron chi connectivity index (χ0n) is 18.3. The molecule has 0 spiro atoms. The van der Waals surface area contributed by atoms with Crippen molar-refractivity contribution in [3.63, 3.8) is 0 Å². The molecule has 1 aliphatic heterocycles. The molecule has 182 valence electrons. The summed E-state index contributed by atoms with van der Waals surface area (Å²) in [5.74, 6) is -0.991. The van der Waals surface area contributed by atoms with E-state index in [1.807, 2.05) is 0 Å².